The van der Waals surface area contributed by atoms with E-state index in [0.29, 0.717) is 5.84 Å². The molecule has 0 aliphatic rings. The van der Waals surface area contributed by atoms with E-state index in [2.05, 4.69) is 10.3 Å². The molecule has 0 aliphatic carbocycles. The molecule has 3 N–H and O–H groups in total. The zero-order valence-electron chi connectivity index (χ0n) is 10.1. The molecule has 0 heterocycles. The molecule has 0 saturated heterocycles. The number of alkyl carbamates (subject to hydrolysis) is 1. The number of carbonyl (C=O) groups excluding carboxylic acids is 1. The van der Waals surface area contributed by atoms with Crippen LogP contribution in [0.25, 0.3) is 0 Å². The van der Waals surface area contributed by atoms with Gasteiger partial charge >= 0.3 is 6.09 Å². The fourth-order valence-electron chi connectivity index (χ4n) is 0.897. The van der Waals surface area contributed by atoms with Crippen LogP contribution < -0.4 is 5.32 Å². The normalized spacial score (nSPS) is 12.8. The second-order valence-electron chi connectivity index (χ2n) is 4.36. The summed E-state index contributed by atoms with van der Waals surface area (Å²) < 4.78 is 5.00. The largest absolute Gasteiger partial charge is 0.444 e. The zero-order chi connectivity index (χ0) is 12.8. The minimum Gasteiger partial charge on any atom is -0.444 e. The maximum absolute atomic E-state index is 11.3. The third-order valence-electron chi connectivity index (χ3n) is 1.48. The van der Waals surface area contributed by atoms with Crippen molar-refractivity contribution in [2.75, 3.05) is 13.2 Å². The van der Waals surface area contributed by atoms with Gasteiger partial charge in [0.2, 0.25) is 0 Å². The first kappa shape index (κ1) is 14.9. The third kappa shape index (κ3) is 7.19. The molecule has 16 heavy (non-hydrogen) atoms. The lowest BCUT2D eigenvalue weighted by Gasteiger charge is -2.19. The summed E-state index contributed by atoms with van der Waals surface area (Å²) in [6.45, 7) is 6.27. The SMILES string of the molecule is CC(=NC(CO)CO)NC(=O)OC(C)(C)C. The second-order valence-corrected chi connectivity index (χ2v) is 4.36. The molecule has 1 amide bonds. The van der Waals surface area contributed by atoms with Gasteiger partial charge in [-0.1, -0.05) is 0 Å². The van der Waals surface area contributed by atoms with Gasteiger partial charge in [0.15, 0.2) is 0 Å². The molecule has 94 valence electrons. The van der Waals surface area contributed by atoms with Crippen molar-refractivity contribution in [2.45, 2.75) is 39.3 Å². The van der Waals surface area contributed by atoms with Gasteiger partial charge < -0.3 is 14.9 Å². The van der Waals surface area contributed by atoms with Gasteiger partial charge in [-0.05, 0) is 27.7 Å². The first-order chi connectivity index (χ1) is 7.28. The van der Waals surface area contributed by atoms with Crippen LogP contribution >= 0.6 is 0 Å². The van der Waals surface area contributed by atoms with Crippen LogP contribution in [0, 0.1) is 0 Å². The van der Waals surface area contributed by atoms with Crippen LogP contribution in [0.1, 0.15) is 27.7 Å². The van der Waals surface area contributed by atoms with E-state index in [9.17, 15) is 4.79 Å². The van der Waals surface area contributed by atoms with Crippen molar-refractivity contribution >= 4 is 11.9 Å². The summed E-state index contributed by atoms with van der Waals surface area (Å²) >= 11 is 0. The summed E-state index contributed by atoms with van der Waals surface area (Å²) in [7, 11) is 0. The van der Waals surface area contributed by atoms with Gasteiger partial charge in [0, 0.05) is 0 Å². The lowest BCUT2D eigenvalue weighted by molar-refractivity contribution is 0.0562. The van der Waals surface area contributed by atoms with Crippen molar-refractivity contribution < 1.29 is 19.7 Å². The molecule has 0 aromatic rings. The van der Waals surface area contributed by atoms with Crippen LogP contribution in [0.4, 0.5) is 4.79 Å². The third-order valence-corrected chi connectivity index (χ3v) is 1.48. The van der Waals surface area contributed by atoms with Crippen molar-refractivity contribution in [1.82, 2.24) is 5.32 Å². The Morgan fingerprint density at radius 1 is 1.38 bits per heavy atom. The molecule has 6 heteroatoms. The zero-order valence-corrected chi connectivity index (χ0v) is 10.1. The van der Waals surface area contributed by atoms with Crippen LogP contribution in [-0.4, -0.2) is 47.0 Å². The maximum Gasteiger partial charge on any atom is 0.413 e. The van der Waals surface area contributed by atoms with Crippen molar-refractivity contribution in [3.63, 3.8) is 0 Å². The van der Waals surface area contributed by atoms with E-state index in [-0.39, 0.29) is 13.2 Å². The van der Waals surface area contributed by atoms with Crippen LogP contribution in [-0.2, 0) is 4.74 Å². The predicted octanol–water partition coefficient (Wildman–Crippen LogP) is 0.283. The molecule has 0 atom stereocenters. The minimum absolute atomic E-state index is 0.274. The summed E-state index contributed by atoms with van der Waals surface area (Å²) in [5, 5.41) is 20.0. The lowest BCUT2D eigenvalue weighted by Crippen LogP contribution is -2.36. The summed E-state index contributed by atoms with van der Waals surface area (Å²) in [6.07, 6.45) is -0.608. The molecule has 0 saturated carbocycles. The van der Waals surface area contributed by atoms with Gasteiger partial charge in [0.1, 0.15) is 11.4 Å². The molecular formula is C10H20N2O4. The first-order valence-electron chi connectivity index (χ1n) is 5.04. The summed E-state index contributed by atoms with van der Waals surface area (Å²) in [4.78, 5) is 15.2. The van der Waals surface area contributed by atoms with E-state index in [4.69, 9.17) is 14.9 Å². The predicted molar refractivity (Wildman–Crippen MR) is 60.4 cm³/mol. The number of aliphatic hydroxyl groups is 2. The van der Waals surface area contributed by atoms with E-state index in [1.54, 1.807) is 27.7 Å². The molecule has 0 fully saturated rings. The van der Waals surface area contributed by atoms with Gasteiger partial charge in [-0.2, -0.15) is 0 Å². The number of amides is 1. The van der Waals surface area contributed by atoms with E-state index >= 15 is 0 Å². The monoisotopic (exact) mass is 232 g/mol. The Labute approximate surface area is 95.3 Å². The van der Waals surface area contributed by atoms with Gasteiger partial charge in [0.25, 0.3) is 0 Å². The highest BCUT2D eigenvalue weighted by Crippen LogP contribution is 2.06. The van der Waals surface area contributed by atoms with E-state index < -0.39 is 17.7 Å². The molecule has 0 radical (unpaired) electrons. The van der Waals surface area contributed by atoms with Crippen molar-refractivity contribution in [1.29, 1.82) is 0 Å². The maximum atomic E-state index is 11.3. The molecule has 0 spiro atoms. The van der Waals surface area contributed by atoms with Crippen LogP contribution in [0.2, 0.25) is 0 Å². The number of nitrogens with one attached hydrogen (secondary N) is 1. The molecule has 6 nitrogen and oxygen atoms in total. The molecule has 0 aliphatic heterocycles. The number of carbonyl (C=O) groups is 1. The topological polar surface area (TPSA) is 91.2 Å². The Morgan fingerprint density at radius 3 is 2.25 bits per heavy atom. The molecule has 0 unspecified atom stereocenters. The number of amidine groups is 1. The van der Waals surface area contributed by atoms with E-state index in [1.165, 1.54) is 0 Å². The average Bonchev–Trinajstić information content (AvgIpc) is 2.10. The van der Waals surface area contributed by atoms with Crippen molar-refractivity contribution in [3.05, 3.63) is 0 Å². The van der Waals surface area contributed by atoms with Crippen molar-refractivity contribution in [3.8, 4) is 0 Å². The van der Waals surface area contributed by atoms with Crippen molar-refractivity contribution in [2.24, 2.45) is 4.99 Å². The Kier molecular flexibility index (Phi) is 5.98. The van der Waals surface area contributed by atoms with Gasteiger partial charge in [-0.25, -0.2) is 4.79 Å². The Morgan fingerprint density at radius 2 is 1.88 bits per heavy atom. The number of aliphatic hydroxyl groups excluding tert-OH is 2. The average molecular weight is 232 g/mol. The molecule has 0 bridgehead atoms. The number of aliphatic imine (C=N–C) groups is 1. The highest BCUT2D eigenvalue weighted by Gasteiger charge is 2.16. The number of hydrogen-bond acceptors (Lipinski definition) is 5. The molecule has 0 rings (SSSR count). The Bertz CT molecular complexity index is 254. The van der Waals surface area contributed by atoms with Gasteiger partial charge in [0.05, 0.1) is 19.3 Å². The fraction of sp³-hybridized carbons (Fsp3) is 0.800. The molecular weight excluding hydrogens is 212 g/mol. The quantitative estimate of drug-likeness (QED) is 0.481. The Balaban J connectivity index is 4.23. The lowest BCUT2D eigenvalue weighted by atomic mass is 10.2. The van der Waals surface area contributed by atoms with E-state index in [0.717, 1.165) is 0 Å². The fourth-order valence-corrected chi connectivity index (χ4v) is 0.897. The summed E-state index contributed by atoms with van der Waals surface area (Å²) in [5.41, 5.74) is -0.572. The molecule has 0 aromatic heterocycles. The minimum atomic E-state index is -0.616. The standard InChI is InChI=1S/C10H20N2O4/c1-7(11-8(5-13)6-14)12-9(15)16-10(2,3)4/h8,13-14H,5-6H2,1-4H3,(H,11,12,15). The number of hydrogen-bond donors (Lipinski definition) is 3. The number of nitrogens with zero attached hydrogens (tertiary/aromatic N) is 1. The summed E-state index contributed by atoms with van der Waals surface area (Å²) in [6, 6.07) is -0.616. The van der Waals surface area contributed by atoms with Gasteiger partial charge in [-0.15, -0.1) is 0 Å². The number of ether oxygens (including phenoxy) is 1. The highest BCUT2D eigenvalue weighted by molar-refractivity contribution is 5.94. The Hall–Kier alpha value is -1.14. The highest BCUT2D eigenvalue weighted by atomic mass is 16.6. The number of rotatable bonds is 3. The summed E-state index contributed by atoms with van der Waals surface area (Å²) in [5.74, 6) is 0.294. The van der Waals surface area contributed by atoms with Crippen LogP contribution in [0.15, 0.2) is 4.99 Å². The smallest absolute Gasteiger partial charge is 0.413 e. The molecule has 0 aromatic carbocycles. The van der Waals surface area contributed by atoms with Gasteiger partial charge in [-0.3, -0.25) is 10.3 Å². The van der Waals surface area contributed by atoms with E-state index in [1.807, 2.05) is 0 Å². The first-order valence-corrected chi connectivity index (χ1v) is 5.04. The van der Waals surface area contributed by atoms with Crippen LogP contribution in [0.5, 0.6) is 0 Å². The second kappa shape index (κ2) is 6.44. The van der Waals surface area contributed by atoms with Crippen LogP contribution in [0.3, 0.4) is 0 Å².